The van der Waals surface area contributed by atoms with Gasteiger partial charge >= 0.3 is 11.8 Å². The Morgan fingerprint density at radius 2 is 1.89 bits per heavy atom. The summed E-state index contributed by atoms with van der Waals surface area (Å²) < 4.78 is 0. The lowest BCUT2D eigenvalue weighted by Gasteiger charge is -2.43. The van der Waals surface area contributed by atoms with E-state index in [9.17, 15) is 14.4 Å². The molecule has 0 radical (unpaired) electrons. The number of anilines is 1. The van der Waals surface area contributed by atoms with Crippen LogP contribution in [0.1, 0.15) is 62.2 Å². The molecule has 7 heteroatoms. The van der Waals surface area contributed by atoms with Crippen molar-refractivity contribution in [2.75, 3.05) is 11.9 Å². The Hall–Kier alpha value is -2.44. The van der Waals surface area contributed by atoms with Crippen LogP contribution >= 0.6 is 0 Å². The highest BCUT2D eigenvalue weighted by molar-refractivity contribution is 6.39. The third kappa shape index (κ3) is 4.46. The van der Waals surface area contributed by atoms with E-state index in [1.54, 1.807) is 11.0 Å². The third-order valence-corrected chi connectivity index (χ3v) is 5.82. The van der Waals surface area contributed by atoms with Crippen LogP contribution in [0.5, 0.6) is 0 Å². The molecular formula is C20H28N4O3. The van der Waals surface area contributed by atoms with Crippen molar-refractivity contribution >= 4 is 23.5 Å². The summed E-state index contributed by atoms with van der Waals surface area (Å²) >= 11 is 0. The molecule has 0 aromatic carbocycles. The van der Waals surface area contributed by atoms with Crippen molar-refractivity contribution in [3.63, 3.8) is 0 Å². The summed E-state index contributed by atoms with van der Waals surface area (Å²) in [6.07, 6.45) is 9.36. The molecule has 1 aliphatic heterocycles. The number of carbonyl (C=O) groups is 3. The average molecular weight is 372 g/mol. The molecule has 0 bridgehead atoms. The summed E-state index contributed by atoms with van der Waals surface area (Å²) in [6.45, 7) is 2.71. The first kappa shape index (κ1) is 19.3. The van der Waals surface area contributed by atoms with E-state index in [0.717, 1.165) is 25.7 Å². The molecule has 2 aliphatic rings. The summed E-state index contributed by atoms with van der Waals surface area (Å²) in [5.74, 6) is -1.12. The van der Waals surface area contributed by atoms with Gasteiger partial charge in [-0.25, -0.2) is 4.98 Å². The quantitative estimate of drug-likeness (QED) is 0.794. The van der Waals surface area contributed by atoms with Gasteiger partial charge in [-0.05, 0) is 49.7 Å². The maximum absolute atomic E-state index is 13.0. The second-order valence-corrected chi connectivity index (χ2v) is 7.82. The molecule has 2 heterocycles. The van der Waals surface area contributed by atoms with Crippen LogP contribution in [-0.2, 0) is 9.59 Å². The smallest absolute Gasteiger partial charge is 0.315 e. The van der Waals surface area contributed by atoms with Crippen molar-refractivity contribution < 1.29 is 14.4 Å². The number of amides is 3. The molecule has 146 valence electrons. The van der Waals surface area contributed by atoms with Gasteiger partial charge in [0, 0.05) is 18.8 Å². The van der Waals surface area contributed by atoms with Crippen LogP contribution in [-0.4, -0.2) is 40.2 Å². The number of hydrogen-bond acceptors (Lipinski definition) is 4. The molecule has 0 spiro atoms. The minimum atomic E-state index is -0.758. The predicted octanol–water partition coefficient (Wildman–Crippen LogP) is 2.33. The normalized spacial score (nSPS) is 23.7. The fourth-order valence-corrected chi connectivity index (χ4v) is 4.41. The van der Waals surface area contributed by atoms with Crippen molar-refractivity contribution in [3.8, 4) is 0 Å². The number of nitrogens with one attached hydrogen (secondary N) is 1. The standard InChI is InChI=1S/C20H28N4O3/c1-13-9-10-16(14-6-3-2-4-7-14)24(12-13)20(27)19(26)23-18-15(17(21)25)8-5-11-22-18/h5,8,11,13-14,16H,2-4,6-7,9-10,12H2,1H3,(H2,21,25)(H,22,23,26)/t13-,16+/m0/s1. The summed E-state index contributed by atoms with van der Waals surface area (Å²) in [4.78, 5) is 42.8. The first-order valence-corrected chi connectivity index (χ1v) is 9.84. The van der Waals surface area contributed by atoms with E-state index in [1.165, 1.54) is 31.5 Å². The molecule has 27 heavy (non-hydrogen) atoms. The zero-order chi connectivity index (χ0) is 19.4. The van der Waals surface area contributed by atoms with Gasteiger partial charge in [0.25, 0.3) is 5.91 Å². The van der Waals surface area contributed by atoms with Crippen LogP contribution in [0.15, 0.2) is 18.3 Å². The van der Waals surface area contributed by atoms with Gasteiger partial charge in [-0.3, -0.25) is 14.4 Å². The fourth-order valence-electron chi connectivity index (χ4n) is 4.41. The van der Waals surface area contributed by atoms with Crippen molar-refractivity contribution in [1.29, 1.82) is 0 Å². The van der Waals surface area contributed by atoms with Crippen molar-refractivity contribution in [2.24, 2.45) is 17.6 Å². The van der Waals surface area contributed by atoms with Gasteiger partial charge in [0.2, 0.25) is 0 Å². The number of aromatic nitrogens is 1. The highest BCUT2D eigenvalue weighted by Crippen LogP contribution is 2.35. The molecular weight excluding hydrogens is 344 g/mol. The molecule has 7 nitrogen and oxygen atoms in total. The molecule has 1 saturated carbocycles. The Morgan fingerprint density at radius 3 is 2.59 bits per heavy atom. The van der Waals surface area contributed by atoms with E-state index in [1.807, 2.05) is 0 Å². The maximum Gasteiger partial charge on any atom is 0.315 e. The number of primary amides is 1. The highest BCUT2D eigenvalue weighted by atomic mass is 16.2. The van der Waals surface area contributed by atoms with Crippen LogP contribution in [0.3, 0.4) is 0 Å². The van der Waals surface area contributed by atoms with Crippen LogP contribution in [0, 0.1) is 11.8 Å². The number of pyridine rings is 1. The van der Waals surface area contributed by atoms with Gasteiger partial charge in [0.05, 0.1) is 5.56 Å². The maximum atomic E-state index is 13.0. The highest BCUT2D eigenvalue weighted by Gasteiger charge is 2.38. The topological polar surface area (TPSA) is 105 Å². The summed E-state index contributed by atoms with van der Waals surface area (Å²) in [7, 11) is 0. The van der Waals surface area contributed by atoms with E-state index in [4.69, 9.17) is 5.73 Å². The summed E-state index contributed by atoms with van der Waals surface area (Å²) in [6, 6.07) is 3.16. The van der Waals surface area contributed by atoms with Gasteiger partial charge in [-0.1, -0.05) is 26.2 Å². The second kappa shape index (κ2) is 8.50. The Balaban J connectivity index is 1.75. The SMILES string of the molecule is C[C@H]1CC[C@H](C2CCCCC2)N(C(=O)C(=O)Nc2ncccc2C(N)=O)C1. The number of hydrogen-bond donors (Lipinski definition) is 2. The lowest BCUT2D eigenvalue weighted by Crippen LogP contribution is -2.53. The van der Waals surface area contributed by atoms with Gasteiger partial charge in [-0.15, -0.1) is 0 Å². The Labute approximate surface area is 159 Å². The molecule has 1 aromatic heterocycles. The first-order valence-electron chi connectivity index (χ1n) is 9.84. The number of carbonyl (C=O) groups excluding carboxylic acids is 3. The molecule has 2 fully saturated rings. The number of nitrogens with zero attached hydrogens (tertiary/aromatic N) is 2. The Morgan fingerprint density at radius 1 is 1.15 bits per heavy atom. The van der Waals surface area contributed by atoms with Crippen LogP contribution < -0.4 is 11.1 Å². The minimum absolute atomic E-state index is 0.0302. The minimum Gasteiger partial charge on any atom is -0.365 e. The Kier molecular flexibility index (Phi) is 6.08. The number of rotatable bonds is 3. The second-order valence-electron chi connectivity index (χ2n) is 7.82. The largest absolute Gasteiger partial charge is 0.365 e. The molecule has 0 unspecified atom stereocenters. The van der Waals surface area contributed by atoms with Crippen LogP contribution in [0.25, 0.3) is 0 Å². The van der Waals surface area contributed by atoms with Gasteiger partial charge < -0.3 is 16.0 Å². The van der Waals surface area contributed by atoms with E-state index in [-0.39, 0.29) is 17.4 Å². The third-order valence-electron chi connectivity index (χ3n) is 5.82. The molecule has 3 rings (SSSR count). The molecule has 2 atom stereocenters. The number of likely N-dealkylation sites (tertiary alicyclic amines) is 1. The monoisotopic (exact) mass is 372 g/mol. The van der Waals surface area contributed by atoms with Crippen LogP contribution in [0.2, 0.25) is 0 Å². The van der Waals surface area contributed by atoms with Crippen molar-refractivity contribution in [2.45, 2.75) is 57.9 Å². The van der Waals surface area contributed by atoms with Crippen molar-refractivity contribution in [3.05, 3.63) is 23.9 Å². The molecule has 3 amide bonds. The van der Waals surface area contributed by atoms with Crippen LogP contribution in [0.4, 0.5) is 5.82 Å². The lowest BCUT2D eigenvalue weighted by atomic mass is 9.78. The zero-order valence-corrected chi connectivity index (χ0v) is 15.8. The number of piperidine rings is 1. The zero-order valence-electron chi connectivity index (χ0n) is 15.8. The summed E-state index contributed by atoms with van der Waals surface area (Å²) in [5.41, 5.74) is 5.41. The van der Waals surface area contributed by atoms with E-state index in [2.05, 4.69) is 17.2 Å². The fraction of sp³-hybridized carbons (Fsp3) is 0.600. The van der Waals surface area contributed by atoms with Gasteiger partial charge in [-0.2, -0.15) is 0 Å². The average Bonchev–Trinajstić information content (AvgIpc) is 2.68. The van der Waals surface area contributed by atoms with Gasteiger partial charge in [0.15, 0.2) is 0 Å². The van der Waals surface area contributed by atoms with E-state index < -0.39 is 17.7 Å². The first-order chi connectivity index (χ1) is 13.0. The predicted molar refractivity (Wildman–Crippen MR) is 102 cm³/mol. The van der Waals surface area contributed by atoms with E-state index in [0.29, 0.717) is 18.4 Å². The van der Waals surface area contributed by atoms with Crippen molar-refractivity contribution in [1.82, 2.24) is 9.88 Å². The van der Waals surface area contributed by atoms with Gasteiger partial charge in [0.1, 0.15) is 5.82 Å². The Bertz CT molecular complexity index is 715. The van der Waals surface area contributed by atoms with E-state index >= 15 is 0 Å². The molecule has 1 saturated heterocycles. The molecule has 1 aromatic rings. The molecule has 1 aliphatic carbocycles. The number of nitrogens with two attached hydrogens (primary N) is 1. The summed E-state index contributed by atoms with van der Waals surface area (Å²) in [5, 5.41) is 2.49. The molecule has 3 N–H and O–H groups in total. The lowest BCUT2D eigenvalue weighted by molar-refractivity contribution is -0.147.